The summed E-state index contributed by atoms with van der Waals surface area (Å²) in [4.78, 5) is 56.2. The van der Waals surface area contributed by atoms with E-state index in [1.807, 2.05) is 25.5 Å². The monoisotopic (exact) mass is 965 g/mol. The molecule has 2 aliphatic carbocycles. The number of carbonyl (C=O) groups excluding carboxylic acids is 2. The Kier molecular flexibility index (Phi) is 16.4. The van der Waals surface area contributed by atoms with Gasteiger partial charge in [-0.05, 0) is 109 Å². The quantitative estimate of drug-likeness (QED) is 0.0707. The van der Waals surface area contributed by atoms with Crippen molar-refractivity contribution in [1.82, 2.24) is 30.6 Å². The molecule has 2 aromatic carbocycles. The summed E-state index contributed by atoms with van der Waals surface area (Å²) in [6.45, 7) is 33.4. The van der Waals surface area contributed by atoms with E-state index in [4.69, 9.17) is 14.4 Å². The van der Waals surface area contributed by atoms with Gasteiger partial charge in [-0.3, -0.25) is 9.59 Å². The SMILES string of the molecule is CC(C)(C)[C@H](NC(=O)C1CCCCC1CCC(C)(C)[Si](C)(C)O)c1nc(-c2ccc(-c3ccc(-c4c[nH]c([C@@H](NC(=O)C5CCCCC5CO[Si](C)(C)C(C)(C)C)C(C)(C)C)n4)cc3)cc2)c[nH]1. The van der Waals surface area contributed by atoms with Crippen LogP contribution >= 0.6 is 0 Å². The molecule has 2 fully saturated rings. The molecule has 5 N–H and O–H groups in total. The minimum absolute atomic E-state index is 0.0286. The number of amides is 2. The van der Waals surface area contributed by atoms with Crippen LogP contribution in [0, 0.1) is 34.5 Å². The first-order valence-electron chi connectivity index (χ1n) is 25.8. The van der Waals surface area contributed by atoms with Crippen molar-refractivity contribution < 1.29 is 18.8 Å². The molecule has 4 aromatic rings. The van der Waals surface area contributed by atoms with Gasteiger partial charge in [0.05, 0.1) is 23.5 Å². The van der Waals surface area contributed by atoms with Crippen LogP contribution in [-0.2, 0) is 14.0 Å². The van der Waals surface area contributed by atoms with Crippen LogP contribution in [0.25, 0.3) is 33.6 Å². The maximum atomic E-state index is 14.1. The zero-order valence-corrected chi connectivity index (χ0v) is 46.6. The van der Waals surface area contributed by atoms with Crippen molar-refractivity contribution in [2.24, 2.45) is 34.5 Å². The number of hydrogen-bond acceptors (Lipinski definition) is 6. The topological polar surface area (TPSA) is 145 Å². The normalized spacial score (nSPS) is 21.0. The third kappa shape index (κ3) is 12.9. The molecular formula is C56H88N6O4Si2. The van der Waals surface area contributed by atoms with Crippen LogP contribution in [-0.4, -0.2) is 59.8 Å². The van der Waals surface area contributed by atoms with E-state index < -0.39 is 16.6 Å². The van der Waals surface area contributed by atoms with Crippen molar-refractivity contribution in [1.29, 1.82) is 0 Å². The lowest BCUT2D eigenvalue weighted by Crippen LogP contribution is -2.46. The number of imidazole rings is 2. The summed E-state index contributed by atoms with van der Waals surface area (Å²) in [5, 5.41) is 6.94. The van der Waals surface area contributed by atoms with Gasteiger partial charge in [0.1, 0.15) is 11.6 Å². The fourth-order valence-electron chi connectivity index (χ4n) is 9.85. The first-order chi connectivity index (χ1) is 31.6. The summed E-state index contributed by atoms with van der Waals surface area (Å²) < 4.78 is 6.67. The van der Waals surface area contributed by atoms with Gasteiger partial charge < -0.3 is 29.8 Å². The molecule has 2 aliphatic rings. The lowest BCUT2D eigenvalue weighted by Gasteiger charge is -2.40. The van der Waals surface area contributed by atoms with Crippen LogP contribution in [0.3, 0.4) is 0 Å². The summed E-state index contributed by atoms with van der Waals surface area (Å²) in [7, 11) is -4.25. The van der Waals surface area contributed by atoms with E-state index in [0.717, 1.165) is 109 Å². The number of rotatable bonds is 16. The third-order valence-corrected chi connectivity index (χ3v) is 24.6. The highest BCUT2D eigenvalue weighted by atomic mass is 28.4. The van der Waals surface area contributed by atoms with Crippen molar-refractivity contribution in [3.05, 3.63) is 72.6 Å². The molecule has 374 valence electrons. The van der Waals surface area contributed by atoms with Gasteiger partial charge >= 0.3 is 0 Å². The minimum Gasteiger partial charge on any atom is -0.432 e. The second-order valence-electron chi connectivity index (χ2n) is 25.5. The zero-order valence-electron chi connectivity index (χ0n) is 44.6. The van der Waals surface area contributed by atoms with Gasteiger partial charge in [0, 0.05) is 42.0 Å². The number of aromatic nitrogens is 4. The second-order valence-corrected chi connectivity index (χ2v) is 34.7. The average molecular weight is 966 g/mol. The fourth-order valence-corrected chi connectivity index (χ4v) is 11.7. The van der Waals surface area contributed by atoms with E-state index in [1.165, 1.54) is 0 Å². The molecule has 6 rings (SSSR count). The first kappa shape index (κ1) is 53.5. The van der Waals surface area contributed by atoms with E-state index in [0.29, 0.717) is 12.5 Å². The molecule has 2 heterocycles. The Balaban J connectivity index is 1.10. The number of aromatic amines is 2. The number of benzene rings is 2. The Labute approximate surface area is 412 Å². The van der Waals surface area contributed by atoms with Gasteiger partial charge in [-0.25, -0.2) is 9.97 Å². The fraction of sp³-hybridized carbons (Fsp3) is 0.643. The maximum absolute atomic E-state index is 14.1. The van der Waals surface area contributed by atoms with Gasteiger partial charge in [0.25, 0.3) is 0 Å². The molecule has 0 saturated heterocycles. The molecule has 68 heavy (non-hydrogen) atoms. The van der Waals surface area contributed by atoms with Crippen molar-refractivity contribution in [3.8, 4) is 33.6 Å². The van der Waals surface area contributed by atoms with Crippen molar-refractivity contribution in [2.75, 3.05) is 6.61 Å². The highest BCUT2D eigenvalue weighted by molar-refractivity contribution is 6.74. The molecule has 6 atom stereocenters. The van der Waals surface area contributed by atoms with Crippen LogP contribution in [0.5, 0.6) is 0 Å². The van der Waals surface area contributed by atoms with Crippen LogP contribution in [0.1, 0.15) is 164 Å². The molecule has 4 unspecified atom stereocenters. The smallest absolute Gasteiger partial charge is 0.224 e. The lowest BCUT2D eigenvalue weighted by atomic mass is 9.75. The largest absolute Gasteiger partial charge is 0.432 e. The van der Waals surface area contributed by atoms with Crippen LogP contribution < -0.4 is 10.6 Å². The van der Waals surface area contributed by atoms with Crippen LogP contribution in [0.15, 0.2) is 60.9 Å². The second kappa shape index (κ2) is 20.9. The molecule has 2 saturated carbocycles. The molecule has 2 amide bonds. The molecule has 0 bridgehead atoms. The molecular weight excluding hydrogens is 877 g/mol. The predicted molar refractivity (Wildman–Crippen MR) is 285 cm³/mol. The zero-order chi connectivity index (χ0) is 50.0. The predicted octanol–water partition coefficient (Wildman–Crippen LogP) is 13.9. The first-order valence-corrected chi connectivity index (χ1v) is 31.7. The van der Waals surface area contributed by atoms with Gasteiger partial charge in [0.2, 0.25) is 11.8 Å². The van der Waals surface area contributed by atoms with E-state index >= 15 is 0 Å². The van der Waals surface area contributed by atoms with Crippen LogP contribution in [0.2, 0.25) is 36.3 Å². The number of nitrogens with one attached hydrogen (secondary N) is 4. The molecule has 2 aromatic heterocycles. The summed E-state index contributed by atoms with van der Waals surface area (Å²) in [6.07, 6.45) is 14.1. The van der Waals surface area contributed by atoms with Crippen molar-refractivity contribution in [2.45, 2.75) is 189 Å². The molecule has 0 spiro atoms. The van der Waals surface area contributed by atoms with Crippen LogP contribution in [0.4, 0.5) is 0 Å². The highest BCUT2D eigenvalue weighted by Gasteiger charge is 2.43. The third-order valence-electron chi connectivity index (χ3n) is 16.5. The Hall–Kier alpha value is -3.85. The molecule has 10 nitrogen and oxygen atoms in total. The molecule has 0 aliphatic heterocycles. The summed E-state index contributed by atoms with van der Waals surface area (Å²) >= 11 is 0. The Morgan fingerprint density at radius 2 is 1.01 bits per heavy atom. The number of H-pyrrole nitrogens is 2. The van der Waals surface area contributed by atoms with E-state index in [2.05, 4.69) is 158 Å². The molecule has 12 heteroatoms. The highest BCUT2D eigenvalue weighted by Crippen LogP contribution is 2.45. The van der Waals surface area contributed by atoms with Gasteiger partial charge in [-0.2, -0.15) is 0 Å². The van der Waals surface area contributed by atoms with Crippen molar-refractivity contribution in [3.63, 3.8) is 0 Å². The van der Waals surface area contributed by atoms with E-state index in [-0.39, 0.29) is 62.6 Å². The summed E-state index contributed by atoms with van der Waals surface area (Å²) in [5.41, 5.74) is 5.35. The summed E-state index contributed by atoms with van der Waals surface area (Å²) in [6, 6.07) is 16.4. The average Bonchev–Trinajstić information content (AvgIpc) is 3.96. The molecule has 0 radical (unpaired) electrons. The van der Waals surface area contributed by atoms with E-state index in [9.17, 15) is 14.4 Å². The maximum Gasteiger partial charge on any atom is 0.224 e. The Morgan fingerprint density at radius 1 is 0.632 bits per heavy atom. The van der Waals surface area contributed by atoms with Gasteiger partial charge in [-0.15, -0.1) is 0 Å². The van der Waals surface area contributed by atoms with Gasteiger partial charge in [-0.1, -0.05) is 150 Å². The van der Waals surface area contributed by atoms with Crippen molar-refractivity contribution >= 4 is 28.4 Å². The van der Waals surface area contributed by atoms with Gasteiger partial charge in [0.15, 0.2) is 16.6 Å². The standard InChI is InChI=1S/C56H88N6O4Si2/c1-53(2,3)47(61-51(63)43-22-18-16-20-39(43)32-33-56(10,11)67(12,13)65)49-57-34-45(59-49)40-28-24-37(25-29-40)38-26-30-41(31-27-38)46-35-58-50(60-46)48(54(4,5)6)62-52(64)44-23-19-17-21-42(44)36-66-68(14,15)55(7,8)9/h24-31,34-35,39,42-44,47-48,65H,16-23,32-33,36H2,1-15H3,(H,57,59)(H,58,60)(H,61,63)(H,62,64)/t39?,42?,43?,44?,47-,48-/m1/s1. The number of hydrogen-bond donors (Lipinski definition) is 5. The Bertz CT molecular complexity index is 2130. The number of nitrogens with zero attached hydrogens (tertiary/aromatic N) is 2. The Morgan fingerprint density at radius 3 is 1.41 bits per heavy atom. The minimum atomic E-state index is -2.32. The van der Waals surface area contributed by atoms with E-state index in [1.54, 1.807) is 0 Å². The number of carbonyl (C=O) groups is 2. The summed E-state index contributed by atoms with van der Waals surface area (Å²) in [5.74, 6) is 2.21. The lowest BCUT2D eigenvalue weighted by molar-refractivity contribution is -0.130.